The van der Waals surface area contributed by atoms with E-state index in [0.717, 1.165) is 11.1 Å². The van der Waals surface area contributed by atoms with Crippen LogP contribution in [0.25, 0.3) is 0 Å². The van der Waals surface area contributed by atoms with Gasteiger partial charge < -0.3 is 10.4 Å². The maximum atomic E-state index is 12.2. The number of hydrogen-bond donors (Lipinski definition) is 2. The van der Waals surface area contributed by atoms with Crippen LogP contribution in [0.2, 0.25) is 0 Å². The van der Waals surface area contributed by atoms with Crippen molar-refractivity contribution in [2.24, 2.45) is 0 Å². The van der Waals surface area contributed by atoms with E-state index in [9.17, 15) is 13.6 Å². The zero-order valence-electron chi connectivity index (χ0n) is 11.2. The molecular formula is C14H15F2N3O2. The second-order valence-electron chi connectivity index (χ2n) is 4.57. The van der Waals surface area contributed by atoms with Crippen molar-refractivity contribution < 1.29 is 18.7 Å². The third-order valence-electron chi connectivity index (χ3n) is 2.87. The summed E-state index contributed by atoms with van der Waals surface area (Å²) in [5.74, 6) is -0.957. The SMILES string of the molecule is O=C(O)c1ccc(CNCc2cnn(CC(F)F)c2)cc1. The summed E-state index contributed by atoms with van der Waals surface area (Å²) in [6.07, 6.45) is 0.703. The van der Waals surface area contributed by atoms with E-state index in [-0.39, 0.29) is 5.56 Å². The third kappa shape index (κ3) is 4.64. The molecule has 7 heteroatoms. The highest BCUT2D eigenvalue weighted by atomic mass is 19.3. The van der Waals surface area contributed by atoms with Crippen molar-refractivity contribution in [2.75, 3.05) is 0 Å². The number of aromatic carboxylic acids is 1. The van der Waals surface area contributed by atoms with Crippen molar-refractivity contribution in [3.63, 3.8) is 0 Å². The number of nitrogens with zero attached hydrogens (tertiary/aromatic N) is 2. The number of carbonyl (C=O) groups is 1. The minimum Gasteiger partial charge on any atom is -0.478 e. The lowest BCUT2D eigenvalue weighted by Gasteiger charge is -2.04. The van der Waals surface area contributed by atoms with E-state index in [1.54, 1.807) is 36.7 Å². The summed E-state index contributed by atoms with van der Waals surface area (Å²) < 4.78 is 25.6. The van der Waals surface area contributed by atoms with Gasteiger partial charge in [0.2, 0.25) is 0 Å². The van der Waals surface area contributed by atoms with Crippen LogP contribution in [0.5, 0.6) is 0 Å². The molecular weight excluding hydrogens is 280 g/mol. The molecule has 5 nitrogen and oxygen atoms in total. The largest absolute Gasteiger partial charge is 0.478 e. The Kier molecular flexibility index (Phi) is 4.99. The van der Waals surface area contributed by atoms with E-state index < -0.39 is 18.9 Å². The lowest BCUT2D eigenvalue weighted by atomic mass is 10.1. The number of benzene rings is 1. The van der Waals surface area contributed by atoms with Crippen LogP contribution in [0, 0.1) is 0 Å². The van der Waals surface area contributed by atoms with Crippen LogP contribution in [-0.4, -0.2) is 27.3 Å². The lowest BCUT2D eigenvalue weighted by molar-refractivity contribution is 0.0697. The number of alkyl halides is 2. The van der Waals surface area contributed by atoms with Gasteiger partial charge in [0.05, 0.1) is 11.8 Å². The van der Waals surface area contributed by atoms with Crippen molar-refractivity contribution in [3.8, 4) is 0 Å². The first-order valence-electron chi connectivity index (χ1n) is 6.37. The molecule has 0 atom stereocenters. The van der Waals surface area contributed by atoms with Crippen molar-refractivity contribution >= 4 is 5.97 Å². The van der Waals surface area contributed by atoms with Crippen LogP contribution >= 0.6 is 0 Å². The molecule has 1 heterocycles. The Labute approximate surface area is 120 Å². The number of rotatable bonds is 7. The van der Waals surface area contributed by atoms with Crippen LogP contribution in [0.1, 0.15) is 21.5 Å². The molecule has 0 saturated heterocycles. The topological polar surface area (TPSA) is 67.2 Å². The number of halogens is 2. The molecule has 1 aromatic carbocycles. The Morgan fingerprint density at radius 1 is 1.24 bits per heavy atom. The summed E-state index contributed by atoms with van der Waals surface area (Å²) in [5, 5.41) is 15.8. The summed E-state index contributed by atoms with van der Waals surface area (Å²) in [6, 6.07) is 6.55. The van der Waals surface area contributed by atoms with E-state index in [1.165, 1.54) is 4.68 Å². The van der Waals surface area contributed by atoms with Crippen LogP contribution in [-0.2, 0) is 19.6 Å². The first kappa shape index (κ1) is 15.1. The van der Waals surface area contributed by atoms with Crippen molar-refractivity contribution in [1.29, 1.82) is 0 Å². The number of nitrogens with one attached hydrogen (secondary N) is 1. The Balaban J connectivity index is 1.81. The first-order valence-corrected chi connectivity index (χ1v) is 6.37. The van der Waals surface area contributed by atoms with Gasteiger partial charge >= 0.3 is 5.97 Å². The van der Waals surface area contributed by atoms with Gasteiger partial charge in [0.25, 0.3) is 6.43 Å². The summed E-state index contributed by atoms with van der Waals surface area (Å²) in [6.45, 7) is 0.653. The molecule has 2 aromatic rings. The zero-order valence-corrected chi connectivity index (χ0v) is 11.2. The van der Waals surface area contributed by atoms with Gasteiger partial charge in [-0.25, -0.2) is 13.6 Å². The zero-order chi connectivity index (χ0) is 15.2. The Hall–Kier alpha value is -2.28. The molecule has 0 saturated carbocycles. The van der Waals surface area contributed by atoms with Crippen molar-refractivity contribution in [3.05, 3.63) is 53.3 Å². The molecule has 0 aliphatic carbocycles. The molecule has 2 N–H and O–H groups in total. The fourth-order valence-electron chi connectivity index (χ4n) is 1.86. The Morgan fingerprint density at radius 2 is 1.90 bits per heavy atom. The number of hydrogen-bond acceptors (Lipinski definition) is 3. The standard InChI is InChI=1S/C14H15F2N3O2/c15-13(16)9-19-8-11(7-18-19)6-17-5-10-1-3-12(4-2-10)14(20)21/h1-4,7-8,13,17H,5-6,9H2,(H,20,21). The highest BCUT2D eigenvalue weighted by Gasteiger charge is 2.06. The molecule has 1 aromatic heterocycles. The molecule has 0 radical (unpaired) electrons. The predicted molar refractivity (Wildman–Crippen MR) is 72.2 cm³/mol. The van der Waals surface area contributed by atoms with Crippen LogP contribution in [0.3, 0.4) is 0 Å². The Bertz CT molecular complexity index is 597. The molecule has 0 aliphatic rings. The van der Waals surface area contributed by atoms with E-state index in [1.807, 2.05) is 0 Å². The highest BCUT2D eigenvalue weighted by Crippen LogP contribution is 2.05. The highest BCUT2D eigenvalue weighted by molar-refractivity contribution is 5.87. The van der Waals surface area contributed by atoms with E-state index >= 15 is 0 Å². The number of aromatic nitrogens is 2. The summed E-state index contributed by atoms with van der Waals surface area (Å²) >= 11 is 0. The monoisotopic (exact) mass is 295 g/mol. The van der Waals surface area contributed by atoms with E-state index in [0.29, 0.717) is 13.1 Å². The second-order valence-corrected chi connectivity index (χ2v) is 4.57. The third-order valence-corrected chi connectivity index (χ3v) is 2.87. The predicted octanol–water partition coefficient (Wildman–Crippen LogP) is 2.14. The minimum absolute atomic E-state index is 0.243. The van der Waals surface area contributed by atoms with Crippen LogP contribution in [0.4, 0.5) is 8.78 Å². The summed E-state index contributed by atoms with van der Waals surface area (Å²) in [5.41, 5.74) is 2.00. The maximum absolute atomic E-state index is 12.2. The molecule has 2 rings (SSSR count). The normalized spacial score (nSPS) is 11.0. The molecule has 0 spiro atoms. The summed E-state index contributed by atoms with van der Waals surface area (Å²) in [7, 11) is 0. The molecule has 21 heavy (non-hydrogen) atoms. The van der Waals surface area contributed by atoms with Gasteiger partial charge in [-0.1, -0.05) is 12.1 Å². The van der Waals surface area contributed by atoms with E-state index in [4.69, 9.17) is 5.11 Å². The van der Waals surface area contributed by atoms with Crippen molar-refractivity contribution in [2.45, 2.75) is 26.1 Å². The molecule has 0 fully saturated rings. The first-order chi connectivity index (χ1) is 10.0. The fraction of sp³-hybridized carbons (Fsp3) is 0.286. The van der Waals surface area contributed by atoms with Crippen LogP contribution < -0.4 is 5.32 Å². The molecule has 112 valence electrons. The Morgan fingerprint density at radius 3 is 2.52 bits per heavy atom. The van der Waals surface area contributed by atoms with Gasteiger partial charge in [-0.2, -0.15) is 5.10 Å². The smallest absolute Gasteiger partial charge is 0.335 e. The van der Waals surface area contributed by atoms with Crippen LogP contribution in [0.15, 0.2) is 36.7 Å². The van der Waals surface area contributed by atoms with Crippen molar-refractivity contribution in [1.82, 2.24) is 15.1 Å². The quantitative estimate of drug-likeness (QED) is 0.821. The van der Waals surface area contributed by atoms with Gasteiger partial charge in [0.15, 0.2) is 0 Å². The second kappa shape index (κ2) is 6.94. The van der Waals surface area contributed by atoms with E-state index in [2.05, 4.69) is 10.4 Å². The average Bonchev–Trinajstić information content (AvgIpc) is 2.86. The van der Waals surface area contributed by atoms with Gasteiger partial charge in [-0.05, 0) is 17.7 Å². The van der Waals surface area contributed by atoms with Gasteiger partial charge in [0.1, 0.15) is 6.54 Å². The van der Waals surface area contributed by atoms with Gasteiger partial charge in [-0.15, -0.1) is 0 Å². The summed E-state index contributed by atoms with van der Waals surface area (Å²) in [4.78, 5) is 10.7. The molecule has 0 amide bonds. The minimum atomic E-state index is -2.42. The average molecular weight is 295 g/mol. The number of carboxylic acids is 1. The molecule has 0 aliphatic heterocycles. The van der Waals surface area contributed by atoms with Gasteiger partial charge in [0, 0.05) is 24.8 Å². The lowest BCUT2D eigenvalue weighted by Crippen LogP contribution is -2.12. The number of carboxylic acid groups (broad SMARTS) is 1. The molecule has 0 bridgehead atoms. The maximum Gasteiger partial charge on any atom is 0.335 e. The molecule has 0 unspecified atom stereocenters. The fourth-order valence-corrected chi connectivity index (χ4v) is 1.86. The van der Waals surface area contributed by atoms with Gasteiger partial charge in [-0.3, -0.25) is 4.68 Å².